The second kappa shape index (κ2) is 8.63. The van der Waals surface area contributed by atoms with E-state index in [0.717, 1.165) is 35.5 Å². The topological polar surface area (TPSA) is 52.6 Å². The Bertz CT molecular complexity index is 543. The average molecular weight is 320 g/mol. The normalized spacial score (nSPS) is 14.3. The number of carbonyl (C=O) groups is 2. The van der Waals surface area contributed by atoms with Crippen molar-refractivity contribution in [2.75, 3.05) is 18.6 Å². The summed E-state index contributed by atoms with van der Waals surface area (Å²) in [6, 6.07) is 9.48. The number of rotatable bonds is 5. The molecule has 118 valence electrons. The molecule has 0 spiro atoms. The zero-order valence-corrected chi connectivity index (χ0v) is 13.5. The summed E-state index contributed by atoms with van der Waals surface area (Å²) < 4.78 is 10.1. The molecule has 1 aliphatic heterocycles. The van der Waals surface area contributed by atoms with E-state index in [0.29, 0.717) is 5.57 Å². The minimum Gasteiger partial charge on any atom is -0.466 e. The van der Waals surface area contributed by atoms with E-state index in [2.05, 4.69) is 0 Å². The van der Waals surface area contributed by atoms with Crippen LogP contribution in [0.25, 0.3) is 0 Å². The number of carbonyl (C=O) groups excluding carboxylic acids is 2. The number of thioether (sulfide) groups is 1. The van der Waals surface area contributed by atoms with Gasteiger partial charge in [-0.15, -0.1) is 0 Å². The minimum absolute atomic E-state index is 0.0144. The van der Waals surface area contributed by atoms with E-state index < -0.39 is 11.9 Å². The maximum absolute atomic E-state index is 12.0. The Kier molecular flexibility index (Phi) is 6.52. The summed E-state index contributed by atoms with van der Waals surface area (Å²) in [6.45, 7) is 0.222. The quantitative estimate of drug-likeness (QED) is 0.616. The molecule has 0 unspecified atom stereocenters. The minimum atomic E-state index is -0.418. The Morgan fingerprint density at radius 1 is 1.14 bits per heavy atom. The number of benzene rings is 1. The highest BCUT2D eigenvalue weighted by molar-refractivity contribution is 7.99. The van der Waals surface area contributed by atoms with Crippen LogP contribution < -0.4 is 0 Å². The maximum atomic E-state index is 12.0. The molecule has 0 N–H and O–H groups in total. The van der Waals surface area contributed by atoms with E-state index in [-0.39, 0.29) is 13.0 Å². The van der Waals surface area contributed by atoms with Gasteiger partial charge in [-0.2, -0.15) is 11.8 Å². The molecular formula is C17H20O4S. The van der Waals surface area contributed by atoms with Gasteiger partial charge in [-0.05, 0) is 29.9 Å². The molecule has 1 saturated heterocycles. The number of allylic oxidation sites excluding steroid dienone is 1. The third-order valence-corrected chi connectivity index (χ3v) is 4.50. The molecule has 22 heavy (non-hydrogen) atoms. The molecule has 0 radical (unpaired) electrons. The molecule has 2 rings (SSSR count). The first-order valence-corrected chi connectivity index (χ1v) is 8.42. The van der Waals surface area contributed by atoms with Crippen molar-refractivity contribution in [1.82, 2.24) is 0 Å². The van der Waals surface area contributed by atoms with Gasteiger partial charge in [0.2, 0.25) is 0 Å². The monoisotopic (exact) mass is 320 g/mol. The Labute approximate surface area is 134 Å². The molecule has 4 nitrogen and oxygen atoms in total. The summed E-state index contributed by atoms with van der Waals surface area (Å²) in [7, 11) is 1.34. The fraction of sp³-hybridized carbons (Fsp3) is 0.412. The van der Waals surface area contributed by atoms with Crippen LogP contribution in [0.15, 0.2) is 41.5 Å². The SMILES string of the molecule is COC(=O)C(CC(=O)OCc1ccccc1)=C1CCSCC1. The first-order chi connectivity index (χ1) is 10.7. The molecule has 1 fully saturated rings. The predicted octanol–water partition coefficient (Wildman–Crippen LogP) is 3.12. The van der Waals surface area contributed by atoms with Crippen molar-refractivity contribution in [3.8, 4) is 0 Å². The molecule has 1 aromatic carbocycles. The number of ether oxygens (including phenoxy) is 2. The summed E-state index contributed by atoms with van der Waals surface area (Å²) in [4.78, 5) is 23.9. The van der Waals surface area contributed by atoms with Crippen LogP contribution in [0.2, 0.25) is 0 Å². The van der Waals surface area contributed by atoms with Crippen LogP contribution in [0.1, 0.15) is 24.8 Å². The summed E-state index contributed by atoms with van der Waals surface area (Å²) in [5, 5.41) is 0. The van der Waals surface area contributed by atoms with E-state index in [9.17, 15) is 9.59 Å². The molecular weight excluding hydrogens is 300 g/mol. The van der Waals surface area contributed by atoms with Crippen LogP contribution in [0.4, 0.5) is 0 Å². The average Bonchev–Trinajstić information content (AvgIpc) is 2.59. The molecule has 0 aliphatic carbocycles. The molecule has 0 amide bonds. The Morgan fingerprint density at radius 2 is 1.82 bits per heavy atom. The van der Waals surface area contributed by atoms with Gasteiger partial charge in [-0.3, -0.25) is 4.79 Å². The van der Waals surface area contributed by atoms with Crippen molar-refractivity contribution in [3.05, 3.63) is 47.0 Å². The number of esters is 2. The summed E-state index contributed by atoms with van der Waals surface area (Å²) in [6.07, 6.45) is 1.65. The molecule has 0 aromatic heterocycles. The van der Waals surface area contributed by atoms with Gasteiger partial charge < -0.3 is 9.47 Å². The smallest absolute Gasteiger partial charge is 0.334 e. The third kappa shape index (κ3) is 4.91. The zero-order chi connectivity index (χ0) is 15.8. The van der Waals surface area contributed by atoms with Crippen LogP contribution >= 0.6 is 11.8 Å². The third-order valence-electron chi connectivity index (χ3n) is 3.52. The van der Waals surface area contributed by atoms with Gasteiger partial charge in [0.15, 0.2) is 0 Å². The fourth-order valence-electron chi connectivity index (χ4n) is 2.32. The largest absolute Gasteiger partial charge is 0.466 e. The molecule has 1 heterocycles. The Balaban J connectivity index is 1.97. The summed E-state index contributed by atoms with van der Waals surface area (Å²) in [5.74, 6) is 1.15. The van der Waals surface area contributed by atoms with Gasteiger partial charge in [-0.1, -0.05) is 35.9 Å². The van der Waals surface area contributed by atoms with Gasteiger partial charge in [0.1, 0.15) is 6.61 Å². The van der Waals surface area contributed by atoms with Gasteiger partial charge in [-0.25, -0.2) is 4.79 Å². The van der Waals surface area contributed by atoms with Crippen molar-refractivity contribution in [2.45, 2.75) is 25.9 Å². The zero-order valence-electron chi connectivity index (χ0n) is 12.7. The standard InChI is InChI=1S/C17H20O4S/c1-20-17(19)15(14-7-9-22-10-8-14)11-16(18)21-12-13-5-3-2-4-6-13/h2-6H,7-12H2,1H3. The molecule has 1 aliphatic rings. The van der Waals surface area contributed by atoms with Crippen molar-refractivity contribution in [3.63, 3.8) is 0 Å². The molecule has 0 atom stereocenters. The lowest BCUT2D eigenvalue weighted by molar-refractivity contribution is -0.146. The first-order valence-electron chi connectivity index (χ1n) is 7.27. The van der Waals surface area contributed by atoms with E-state index in [4.69, 9.17) is 9.47 Å². The van der Waals surface area contributed by atoms with Crippen LogP contribution in [-0.2, 0) is 25.7 Å². The Morgan fingerprint density at radius 3 is 2.45 bits per heavy atom. The van der Waals surface area contributed by atoms with Gasteiger partial charge in [0, 0.05) is 5.57 Å². The lowest BCUT2D eigenvalue weighted by atomic mass is 10.00. The van der Waals surface area contributed by atoms with E-state index >= 15 is 0 Å². The van der Waals surface area contributed by atoms with Crippen molar-refractivity contribution in [2.24, 2.45) is 0 Å². The van der Waals surface area contributed by atoms with E-state index in [1.54, 1.807) is 0 Å². The highest BCUT2D eigenvalue weighted by atomic mass is 32.2. The second-order valence-electron chi connectivity index (χ2n) is 5.01. The van der Waals surface area contributed by atoms with E-state index in [1.807, 2.05) is 42.1 Å². The van der Waals surface area contributed by atoms with E-state index in [1.165, 1.54) is 7.11 Å². The van der Waals surface area contributed by atoms with Crippen LogP contribution in [-0.4, -0.2) is 30.6 Å². The number of hydrogen-bond acceptors (Lipinski definition) is 5. The van der Waals surface area contributed by atoms with Gasteiger partial charge in [0.25, 0.3) is 0 Å². The molecule has 1 aromatic rings. The maximum Gasteiger partial charge on any atom is 0.334 e. The summed E-state index contributed by atoms with van der Waals surface area (Å²) >= 11 is 1.86. The van der Waals surface area contributed by atoms with Crippen LogP contribution in [0.3, 0.4) is 0 Å². The molecule has 0 saturated carbocycles. The lowest BCUT2D eigenvalue weighted by Crippen LogP contribution is -2.16. The van der Waals surface area contributed by atoms with Crippen LogP contribution in [0, 0.1) is 0 Å². The molecule has 5 heteroatoms. The second-order valence-corrected chi connectivity index (χ2v) is 6.23. The summed E-state index contributed by atoms with van der Waals surface area (Å²) in [5.41, 5.74) is 2.43. The predicted molar refractivity (Wildman–Crippen MR) is 86.5 cm³/mol. The Hall–Kier alpha value is -1.75. The molecule has 0 bridgehead atoms. The first kappa shape index (κ1) is 16.6. The number of methoxy groups -OCH3 is 1. The lowest BCUT2D eigenvalue weighted by Gasteiger charge is -2.17. The van der Waals surface area contributed by atoms with Crippen molar-refractivity contribution < 1.29 is 19.1 Å². The highest BCUT2D eigenvalue weighted by Crippen LogP contribution is 2.27. The fourth-order valence-corrected chi connectivity index (χ4v) is 3.30. The number of hydrogen-bond donors (Lipinski definition) is 0. The van der Waals surface area contributed by atoms with Crippen molar-refractivity contribution in [1.29, 1.82) is 0 Å². The van der Waals surface area contributed by atoms with Gasteiger partial charge >= 0.3 is 11.9 Å². The van der Waals surface area contributed by atoms with Crippen LogP contribution in [0.5, 0.6) is 0 Å². The highest BCUT2D eigenvalue weighted by Gasteiger charge is 2.21. The van der Waals surface area contributed by atoms with Crippen molar-refractivity contribution >= 4 is 23.7 Å². The van der Waals surface area contributed by atoms with Gasteiger partial charge in [0.05, 0.1) is 13.5 Å².